The van der Waals surface area contributed by atoms with Gasteiger partial charge in [0.2, 0.25) is 0 Å². The lowest BCUT2D eigenvalue weighted by Crippen LogP contribution is -2.83. The molecule has 5 rings (SSSR count). The number of hydrogen-bond donors (Lipinski definition) is 12. The van der Waals surface area contributed by atoms with Crippen molar-refractivity contribution in [3.8, 4) is 0 Å². The zero-order chi connectivity index (χ0) is 30.2. The summed E-state index contributed by atoms with van der Waals surface area (Å²) in [4.78, 5) is 0. The van der Waals surface area contributed by atoms with Crippen molar-refractivity contribution in [2.24, 2.45) is 41.4 Å². The van der Waals surface area contributed by atoms with E-state index in [0.29, 0.717) is 32.1 Å². The molecule has 0 spiro atoms. The lowest BCUT2D eigenvalue weighted by Gasteiger charge is -2.67. The van der Waals surface area contributed by atoms with Crippen LogP contribution in [-0.2, 0) is 0 Å². The van der Waals surface area contributed by atoms with E-state index in [1.807, 2.05) is 6.92 Å². The molecule has 0 aromatic rings. The molecule has 12 heteroatoms. The quantitative estimate of drug-likeness (QED) is 0.147. The van der Waals surface area contributed by atoms with Crippen molar-refractivity contribution in [3.63, 3.8) is 0 Å². The maximum absolute atomic E-state index is 12.0. The first kappa shape index (κ1) is 31.9. The van der Waals surface area contributed by atoms with Crippen LogP contribution in [-0.4, -0.2) is 127 Å². The van der Waals surface area contributed by atoms with Crippen molar-refractivity contribution in [2.75, 3.05) is 0 Å². The van der Waals surface area contributed by atoms with E-state index < -0.39 is 96.4 Å². The molecule has 0 aromatic carbocycles. The van der Waals surface area contributed by atoms with Gasteiger partial charge in [0.05, 0.1) is 54.2 Å². The van der Waals surface area contributed by atoms with Gasteiger partial charge in [-0.3, -0.25) is 0 Å². The highest BCUT2D eigenvalue weighted by molar-refractivity contribution is 5.26. The third kappa shape index (κ3) is 4.81. The van der Waals surface area contributed by atoms with Gasteiger partial charge in [0.1, 0.15) is 11.2 Å². The highest BCUT2D eigenvalue weighted by Crippen LogP contribution is 2.62. The topological polar surface area (TPSA) is 243 Å². The normalized spacial score (nSPS) is 55.5. The summed E-state index contributed by atoms with van der Waals surface area (Å²) in [6.45, 7) is 1.82. The smallest absolute Gasteiger partial charge is 0.159 e. The van der Waals surface area contributed by atoms with Crippen LogP contribution in [0.5, 0.6) is 0 Å². The van der Waals surface area contributed by atoms with E-state index in [-0.39, 0.29) is 30.1 Å². The minimum Gasteiger partial charge on any atom is -0.393 e. The third-order valence-electron chi connectivity index (χ3n) is 12.3. The Morgan fingerprint density at radius 3 is 1.95 bits per heavy atom. The fourth-order valence-corrected chi connectivity index (χ4v) is 10.2. The summed E-state index contributed by atoms with van der Waals surface area (Å²) in [5.41, 5.74) is -7.13. The number of aliphatic hydroxyl groups excluding tert-OH is 8. The Bertz CT molecular complexity index is 929. The highest BCUT2D eigenvalue weighted by Gasteiger charge is 2.76. The average Bonchev–Trinajstić information content (AvgIpc) is 2.89. The van der Waals surface area contributed by atoms with Crippen LogP contribution in [0, 0.1) is 41.4 Å². The maximum Gasteiger partial charge on any atom is 0.159 e. The molecule has 12 nitrogen and oxygen atoms in total. The van der Waals surface area contributed by atoms with E-state index in [0.717, 1.165) is 12.8 Å². The molecule has 0 aliphatic heterocycles. The van der Waals surface area contributed by atoms with E-state index in [1.165, 1.54) is 0 Å². The molecule has 0 saturated heterocycles. The van der Waals surface area contributed by atoms with E-state index in [1.54, 1.807) is 0 Å². The summed E-state index contributed by atoms with van der Waals surface area (Å²) in [6.07, 6.45) is -9.01. The Kier molecular flexibility index (Phi) is 8.68. The average molecular weight is 591 g/mol. The molecule has 5 aliphatic carbocycles. The van der Waals surface area contributed by atoms with Crippen LogP contribution in [0.1, 0.15) is 71.1 Å². The first-order valence-corrected chi connectivity index (χ1v) is 15.4. The summed E-state index contributed by atoms with van der Waals surface area (Å²) in [5, 5.41) is 131. The summed E-state index contributed by atoms with van der Waals surface area (Å²) in [5.74, 6) is -4.15. The van der Waals surface area contributed by atoms with Gasteiger partial charge in [0.15, 0.2) is 6.29 Å². The first-order valence-electron chi connectivity index (χ1n) is 15.4. The number of rotatable bonds is 5. The fraction of sp³-hybridized carbons (Fsp3) is 1.00. The molecule has 5 aliphatic rings. The van der Waals surface area contributed by atoms with Crippen LogP contribution in [0.15, 0.2) is 0 Å². The van der Waals surface area contributed by atoms with Crippen LogP contribution in [0.3, 0.4) is 0 Å². The molecule has 15 atom stereocenters. The second kappa shape index (κ2) is 11.1. The van der Waals surface area contributed by atoms with Gasteiger partial charge in [-0.15, -0.1) is 0 Å². The van der Waals surface area contributed by atoms with Gasteiger partial charge in [-0.05, 0) is 75.0 Å². The van der Waals surface area contributed by atoms with Gasteiger partial charge in [0, 0.05) is 24.7 Å². The lowest BCUT2D eigenvalue weighted by atomic mass is 9.44. The van der Waals surface area contributed by atoms with Gasteiger partial charge in [-0.2, -0.15) is 0 Å². The van der Waals surface area contributed by atoms with E-state index in [4.69, 9.17) is 0 Å². The molecule has 238 valence electrons. The van der Waals surface area contributed by atoms with Gasteiger partial charge in [0.25, 0.3) is 0 Å². The monoisotopic (exact) mass is 590 g/mol. The Morgan fingerprint density at radius 2 is 1.37 bits per heavy atom. The molecule has 0 aromatic heterocycles. The number of hydrogen-bond acceptors (Lipinski definition) is 12. The Balaban J connectivity index is 1.42. The van der Waals surface area contributed by atoms with Crippen molar-refractivity contribution in [3.05, 3.63) is 0 Å². The second-order valence-electron chi connectivity index (χ2n) is 14.2. The van der Waals surface area contributed by atoms with Crippen molar-refractivity contribution in [1.29, 1.82) is 0 Å². The van der Waals surface area contributed by atoms with E-state index >= 15 is 0 Å². The van der Waals surface area contributed by atoms with Crippen LogP contribution >= 0.6 is 0 Å². The maximum atomic E-state index is 12.0. The molecule has 12 N–H and O–H groups in total. The number of aliphatic hydroxyl groups is 12. The van der Waals surface area contributed by atoms with Crippen LogP contribution in [0.25, 0.3) is 0 Å². The zero-order valence-corrected chi connectivity index (χ0v) is 23.6. The zero-order valence-electron chi connectivity index (χ0n) is 23.6. The fourth-order valence-electron chi connectivity index (χ4n) is 10.2. The molecule has 5 fully saturated rings. The first-order chi connectivity index (χ1) is 19.1. The standard InChI is InChI=1S/C29H50O12/c1-2-16(30)22(33)13-5-3-12(4-6-13)14-7-8-17(31)19-15(14)9-27(39)11-28(40)10-18(32)20(26(37)38)24(35)29(28,41)25(36)21(27)23(19)34/h12-26,30-41H,2-11H2,1H3. The molecule has 0 amide bonds. The summed E-state index contributed by atoms with van der Waals surface area (Å²) in [7, 11) is 0. The van der Waals surface area contributed by atoms with Gasteiger partial charge < -0.3 is 61.3 Å². The second-order valence-corrected chi connectivity index (χ2v) is 14.2. The predicted molar refractivity (Wildman–Crippen MR) is 141 cm³/mol. The summed E-state index contributed by atoms with van der Waals surface area (Å²) in [6, 6.07) is 0. The van der Waals surface area contributed by atoms with Crippen molar-refractivity contribution in [2.45, 2.75) is 137 Å². The molecule has 0 radical (unpaired) electrons. The Morgan fingerprint density at radius 1 is 0.732 bits per heavy atom. The summed E-state index contributed by atoms with van der Waals surface area (Å²) < 4.78 is 0. The Labute approximate surface area is 239 Å². The molecule has 41 heavy (non-hydrogen) atoms. The van der Waals surface area contributed by atoms with Crippen LogP contribution in [0.2, 0.25) is 0 Å². The molecule has 0 bridgehead atoms. The third-order valence-corrected chi connectivity index (χ3v) is 12.3. The molecule has 15 unspecified atom stereocenters. The predicted octanol–water partition coefficient (Wildman–Crippen LogP) is -2.68. The SMILES string of the molecule is CCC(O)C(O)C1CCC(C2CCC(O)C3C(O)C4C(O)C5(O)C(O)C(C(O)O)C(O)CC5(O)CC4(O)CC23)CC1. The number of fused-ring (bicyclic) bond motifs is 3. The van der Waals surface area contributed by atoms with Crippen molar-refractivity contribution < 1.29 is 61.3 Å². The van der Waals surface area contributed by atoms with Gasteiger partial charge >= 0.3 is 0 Å². The minimum absolute atomic E-state index is 0.00117. The van der Waals surface area contributed by atoms with Crippen molar-refractivity contribution in [1.82, 2.24) is 0 Å². The van der Waals surface area contributed by atoms with Gasteiger partial charge in [-0.1, -0.05) is 6.92 Å². The van der Waals surface area contributed by atoms with E-state index in [2.05, 4.69) is 0 Å². The van der Waals surface area contributed by atoms with Crippen LogP contribution in [0.4, 0.5) is 0 Å². The molecule has 5 saturated carbocycles. The molecule has 0 heterocycles. The molecular formula is C29H50O12. The lowest BCUT2D eigenvalue weighted by molar-refractivity contribution is -0.373. The van der Waals surface area contributed by atoms with Crippen LogP contribution < -0.4 is 0 Å². The van der Waals surface area contributed by atoms with Gasteiger partial charge in [-0.25, -0.2) is 0 Å². The molecular weight excluding hydrogens is 540 g/mol. The van der Waals surface area contributed by atoms with Crippen molar-refractivity contribution >= 4 is 0 Å². The van der Waals surface area contributed by atoms with E-state index in [9.17, 15) is 61.3 Å². The Hall–Kier alpha value is -0.480. The summed E-state index contributed by atoms with van der Waals surface area (Å²) >= 11 is 0. The minimum atomic E-state index is -2.80. The highest BCUT2D eigenvalue weighted by atomic mass is 16.5. The largest absolute Gasteiger partial charge is 0.393 e.